The van der Waals surface area contributed by atoms with Gasteiger partial charge in [0, 0.05) is 16.8 Å². The SMILES string of the molecule is c1ccc(-c2ccc(-c3ccc(N(c4ccccc4)c4cccc5ccccc45)cc3)cc2-c2ccc3ccccc3c2)cc1. The van der Waals surface area contributed by atoms with Crippen LogP contribution in [0, 0.1) is 0 Å². The molecule has 0 heterocycles. The van der Waals surface area contributed by atoms with E-state index in [-0.39, 0.29) is 0 Å². The Kier molecular flexibility index (Phi) is 6.90. The van der Waals surface area contributed by atoms with E-state index in [1.165, 1.54) is 54.9 Å². The molecule has 0 saturated heterocycles. The van der Waals surface area contributed by atoms with E-state index in [1.807, 2.05) is 0 Å². The number of fused-ring (bicyclic) bond motifs is 2. The van der Waals surface area contributed by atoms with Gasteiger partial charge < -0.3 is 4.90 Å². The summed E-state index contributed by atoms with van der Waals surface area (Å²) in [6.45, 7) is 0. The van der Waals surface area contributed by atoms with E-state index < -0.39 is 0 Å². The topological polar surface area (TPSA) is 3.24 Å². The van der Waals surface area contributed by atoms with Crippen molar-refractivity contribution in [3.8, 4) is 33.4 Å². The summed E-state index contributed by atoms with van der Waals surface area (Å²) in [5.74, 6) is 0. The summed E-state index contributed by atoms with van der Waals surface area (Å²) in [4.78, 5) is 2.35. The maximum absolute atomic E-state index is 2.35. The van der Waals surface area contributed by atoms with Gasteiger partial charge in [0.25, 0.3) is 0 Å². The second-order valence-electron chi connectivity index (χ2n) is 11.4. The average Bonchev–Trinajstić information content (AvgIpc) is 3.12. The number of benzene rings is 8. The van der Waals surface area contributed by atoms with Gasteiger partial charge in [-0.2, -0.15) is 0 Å². The van der Waals surface area contributed by atoms with Gasteiger partial charge in [0.15, 0.2) is 0 Å². The van der Waals surface area contributed by atoms with Crippen molar-refractivity contribution >= 4 is 38.6 Å². The first-order valence-corrected chi connectivity index (χ1v) is 15.4. The van der Waals surface area contributed by atoms with Gasteiger partial charge in [0.05, 0.1) is 5.69 Å². The highest BCUT2D eigenvalue weighted by Crippen LogP contribution is 2.41. The van der Waals surface area contributed by atoms with Crippen molar-refractivity contribution in [3.63, 3.8) is 0 Å². The molecule has 0 fully saturated rings. The Morgan fingerprint density at radius 3 is 1.69 bits per heavy atom. The molecule has 1 nitrogen and oxygen atoms in total. The zero-order valence-electron chi connectivity index (χ0n) is 24.8. The molecule has 0 N–H and O–H groups in total. The Balaban J connectivity index is 1.23. The Labute approximate surface area is 264 Å². The molecule has 0 amide bonds. The van der Waals surface area contributed by atoms with Gasteiger partial charge in [-0.05, 0) is 92.0 Å². The fraction of sp³-hybridized carbons (Fsp3) is 0. The Hall–Kier alpha value is -5.92. The number of hydrogen-bond acceptors (Lipinski definition) is 1. The number of para-hydroxylation sites is 1. The standard InChI is InChI=1S/C44H31N/c1-3-13-34(14-4-1)41-29-26-37(31-43(41)38-23-22-32-12-7-8-16-36(32)30-38)33-24-27-40(28-25-33)45(39-18-5-2-6-19-39)44-21-11-17-35-15-9-10-20-42(35)44/h1-31H. The van der Waals surface area contributed by atoms with Crippen LogP contribution in [0.4, 0.5) is 17.1 Å². The van der Waals surface area contributed by atoms with Crippen LogP contribution in [-0.2, 0) is 0 Å². The maximum Gasteiger partial charge on any atom is 0.0540 e. The highest BCUT2D eigenvalue weighted by Gasteiger charge is 2.16. The first-order valence-electron chi connectivity index (χ1n) is 15.4. The molecule has 45 heavy (non-hydrogen) atoms. The minimum Gasteiger partial charge on any atom is -0.310 e. The summed E-state index contributed by atoms with van der Waals surface area (Å²) in [5, 5.41) is 4.96. The first kappa shape index (κ1) is 26.7. The predicted molar refractivity (Wildman–Crippen MR) is 192 cm³/mol. The highest BCUT2D eigenvalue weighted by molar-refractivity contribution is 5.99. The smallest absolute Gasteiger partial charge is 0.0540 e. The van der Waals surface area contributed by atoms with Gasteiger partial charge in [0.1, 0.15) is 0 Å². The molecule has 0 aliphatic carbocycles. The van der Waals surface area contributed by atoms with Crippen LogP contribution in [0.1, 0.15) is 0 Å². The van der Waals surface area contributed by atoms with Crippen LogP contribution >= 0.6 is 0 Å². The molecule has 0 radical (unpaired) electrons. The van der Waals surface area contributed by atoms with Crippen LogP contribution in [0.25, 0.3) is 54.9 Å². The summed E-state index contributed by atoms with van der Waals surface area (Å²) in [7, 11) is 0. The molecule has 212 valence electrons. The lowest BCUT2D eigenvalue weighted by atomic mass is 9.90. The fourth-order valence-electron chi connectivity index (χ4n) is 6.40. The lowest BCUT2D eigenvalue weighted by molar-refractivity contribution is 1.30. The first-order chi connectivity index (χ1) is 22.3. The molecule has 1 heteroatoms. The summed E-state index contributed by atoms with van der Waals surface area (Å²) >= 11 is 0. The second-order valence-corrected chi connectivity index (χ2v) is 11.4. The van der Waals surface area contributed by atoms with Gasteiger partial charge >= 0.3 is 0 Å². The molecule has 0 bridgehead atoms. The van der Waals surface area contributed by atoms with Gasteiger partial charge in [-0.3, -0.25) is 0 Å². The molecule has 0 spiro atoms. The molecule has 0 aliphatic rings. The molecule has 0 saturated carbocycles. The van der Waals surface area contributed by atoms with E-state index >= 15 is 0 Å². The lowest BCUT2D eigenvalue weighted by Crippen LogP contribution is -2.10. The average molecular weight is 574 g/mol. The lowest BCUT2D eigenvalue weighted by Gasteiger charge is -2.27. The van der Waals surface area contributed by atoms with Gasteiger partial charge in [-0.1, -0.05) is 146 Å². The summed E-state index contributed by atoms with van der Waals surface area (Å²) in [6.07, 6.45) is 0. The third-order valence-electron chi connectivity index (χ3n) is 8.65. The van der Waals surface area contributed by atoms with E-state index in [0.29, 0.717) is 0 Å². The number of hydrogen-bond donors (Lipinski definition) is 0. The zero-order chi connectivity index (χ0) is 30.0. The molecule has 8 aromatic carbocycles. The van der Waals surface area contributed by atoms with Crippen LogP contribution in [0.3, 0.4) is 0 Å². The number of anilines is 3. The minimum atomic E-state index is 1.12. The zero-order valence-corrected chi connectivity index (χ0v) is 24.8. The van der Waals surface area contributed by atoms with E-state index in [0.717, 1.165) is 17.1 Å². The molecule has 0 atom stereocenters. The van der Waals surface area contributed by atoms with E-state index in [4.69, 9.17) is 0 Å². The molecule has 8 rings (SSSR count). The van der Waals surface area contributed by atoms with Gasteiger partial charge in [-0.25, -0.2) is 0 Å². The molecule has 0 unspecified atom stereocenters. The normalized spacial score (nSPS) is 11.1. The van der Waals surface area contributed by atoms with Crippen molar-refractivity contribution < 1.29 is 0 Å². The van der Waals surface area contributed by atoms with E-state index in [2.05, 4.69) is 193 Å². The summed E-state index contributed by atoms with van der Waals surface area (Å²) in [6, 6.07) is 67.7. The molecular formula is C44H31N. The van der Waals surface area contributed by atoms with Crippen molar-refractivity contribution in [3.05, 3.63) is 188 Å². The highest BCUT2D eigenvalue weighted by atomic mass is 15.1. The minimum absolute atomic E-state index is 1.12. The van der Waals surface area contributed by atoms with Crippen LogP contribution in [0.5, 0.6) is 0 Å². The summed E-state index contributed by atoms with van der Waals surface area (Å²) in [5.41, 5.74) is 10.7. The molecule has 0 aliphatic heterocycles. The summed E-state index contributed by atoms with van der Waals surface area (Å²) < 4.78 is 0. The molecular weight excluding hydrogens is 542 g/mol. The number of rotatable bonds is 6. The molecule has 0 aromatic heterocycles. The van der Waals surface area contributed by atoms with E-state index in [9.17, 15) is 0 Å². The van der Waals surface area contributed by atoms with Crippen LogP contribution < -0.4 is 4.90 Å². The predicted octanol–water partition coefficient (Wildman–Crippen LogP) is 12.5. The Bertz CT molecular complexity index is 2250. The van der Waals surface area contributed by atoms with Crippen LogP contribution in [-0.4, -0.2) is 0 Å². The van der Waals surface area contributed by atoms with Gasteiger partial charge in [0.2, 0.25) is 0 Å². The number of nitrogens with zero attached hydrogens (tertiary/aromatic N) is 1. The van der Waals surface area contributed by atoms with Crippen molar-refractivity contribution in [2.75, 3.05) is 4.90 Å². The van der Waals surface area contributed by atoms with Crippen molar-refractivity contribution in [2.45, 2.75) is 0 Å². The van der Waals surface area contributed by atoms with Crippen LogP contribution in [0.2, 0.25) is 0 Å². The molecule has 8 aromatic rings. The maximum atomic E-state index is 2.35. The van der Waals surface area contributed by atoms with Crippen molar-refractivity contribution in [2.24, 2.45) is 0 Å². The fourth-order valence-corrected chi connectivity index (χ4v) is 6.40. The van der Waals surface area contributed by atoms with Crippen LogP contribution in [0.15, 0.2) is 188 Å². The van der Waals surface area contributed by atoms with Crippen molar-refractivity contribution in [1.29, 1.82) is 0 Å². The largest absolute Gasteiger partial charge is 0.310 e. The third kappa shape index (κ3) is 5.15. The van der Waals surface area contributed by atoms with Gasteiger partial charge in [-0.15, -0.1) is 0 Å². The van der Waals surface area contributed by atoms with Crippen molar-refractivity contribution in [1.82, 2.24) is 0 Å². The van der Waals surface area contributed by atoms with E-state index in [1.54, 1.807) is 0 Å². The Morgan fingerprint density at radius 1 is 0.289 bits per heavy atom. The second kappa shape index (κ2) is 11.6. The monoisotopic (exact) mass is 573 g/mol. The quantitative estimate of drug-likeness (QED) is 0.191. The third-order valence-corrected chi connectivity index (χ3v) is 8.65. The Morgan fingerprint density at radius 2 is 0.889 bits per heavy atom.